The molecular weight excluding hydrogens is 412 g/mol. The van der Waals surface area contributed by atoms with Crippen molar-refractivity contribution in [2.75, 3.05) is 19.6 Å². The predicted molar refractivity (Wildman–Crippen MR) is 120 cm³/mol. The maximum absolute atomic E-state index is 12.9. The lowest BCUT2D eigenvalue weighted by Crippen LogP contribution is -2.39. The van der Waals surface area contributed by atoms with Crippen molar-refractivity contribution in [3.05, 3.63) is 59.9 Å². The van der Waals surface area contributed by atoms with Gasteiger partial charge in [0.1, 0.15) is 5.82 Å². The summed E-state index contributed by atoms with van der Waals surface area (Å²) in [7, 11) is -3.52. The number of sulfonamides is 1. The van der Waals surface area contributed by atoms with Crippen molar-refractivity contribution in [2.24, 2.45) is 5.92 Å². The van der Waals surface area contributed by atoms with Gasteiger partial charge in [-0.3, -0.25) is 4.79 Å². The molecule has 1 aliphatic rings. The first-order chi connectivity index (χ1) is 14.9. The van der Waals surface area contributed by atoms with E-state index in [9.17, 15) is 13.2 Å². The van der Waals surface area contributed by atoms with Gasteiger partial charge >= 0.3 is 0 Å². The number of nitrogens with zero attached hydrogens (tertiary/aromatic N) is 3. The molecular formula is C23H28N4O3S. The molecule has 2 aromatic carbocycles. The molecule has 0 bridgehead atoms. The Morgan fingerprint density at radius 3 is 2.65 bits per heavy atom. The summed E-state index contributed by atoms with van der Waals surface area (Å²) in [5.41, 5.74) is 2.42. The molecule has 0 saturated carbocycles. The molecule has 4 rings (SSSR count). The lowest BCUT2D eigenvalue weighted by Gasteiger charge is -2.30. The van der Waals surface area contributed by atoms with Crippen LogP contribution in [0.15, 0.2) is 53.4 Å². The number of nitrogens with one attached hydrogen (secondary N) is 1. The van der Waals surface area contributed by atoms with E-state index in [4.69, 9.17) is 0 Å². The number of aromatic nitrogens is 2. The summed E-state index contributed by atoms with van der Waals surface area (Å²) < 4.78 is 29.4. The van der Waals surface area contributed by atoms with Crippen LogP contribution in [0.2, 0.25) is 0 Å². The van der Waals surface area contributed by atoms with Crippen molar-refractivity contribution >= 4 is 27.0 Å². The number of rotatable bonds is 6. The van der Waals surface area contributed by atoms with Gasteiger partial charge in [-0.15, -0.1) is 0 Å². The summed E-state index contributed by atoms with van der Waals surface area (Å²) in [6, 6.07) is 14.1. The average molecular weight is 441 g/mol. The van der Waals surface area contributed by atoms with Crippen molar-refractivity contribution < 1.29 is 13.2 Å². The fourth-order valence-electron chi connectivity index (χ4n) is 4.15. The first-order valence-corrected chi connectivity index (χ1v) is 12.1. The SMILES string of the molecule is Cc1nc2ccccc2n1CCNC(=O)c1ccc(S(=O)(=O)N2CCCC(C)C2)cc1. The van der Waals surface area contributed by atoms with E-state index in [-0.39, 0.29) is 10.8 Å². The highest BCUT2D eigenvalue weighted by atomic mass is 32.2. The molecule has 1 saturated heterocycles. The van der Waals surface area contributed by atoms with Gasteiger partial charge in [0.05, 0.1) is 15.9 Å². The molecule has 3 aromatic rings. The van der Waals surface area contributed by atoms with Gasteiger partial charge in [0.2, 0.25) is 10.0 Å². The van der Waals surface area contributed by atoms with E-state index >= 15 is 0 Å². The third-order valence-electron chi connectivity index (χ3n) is 5.84. The van der Waals surface area contributed by atoms with Gasteiger partial charge in [0.15, 0.2) is 0 Å². The van der Waals surface area contributed by atoms with Crippen LogP contribution in [0, 0.1) is 12.8 Å². The van der Waals surface area contributed by atoms with Crippen molar-refractivity contribution in [3.63, 3.8) is 0 Å². The highest BCUT2D eigenvalue weighted by Crippen LogP contribution is 2.23. The summed E-state index contributed by atoms with van der Waals surface area (Å²) in [5, 5.41) is 2.91. The van der Waals surface area contributed by atoms with E-state index in [1.165, 1.54) is 12.1 Å². The number of hydrogen-bond acceptors (Lipinski definition) is 4. The Hall–Kier alpha value is -2.71. The molecule has 164 valence electrons. The first-order valence-electron chi connectivity index (χ1n) is 10.7. The van der Waals surface area contributed by atoms with Crippen LogP contribution in [-0.4, -0.2) is 47.8 Å². The van der Waals surface area contributed by atoms with Crippen LogP contribution in [0.3, 0.4) is 0 Å². The van der Waals surface area contributed by atoms with Crippen molar-refractivity contribution in [3.8, 4) is 0 Å². The number of amides is 1. The summed E-state index contributed by atoms with van der Waals surface area (Å²) in [6.45, 7) is 6.18. The van der Waals surface area contributed by atoms with Crippen LogP contribution in [0.4, 0.5) is 0 Å². The van der Waals surface area contributed by atoms with Crippen molar-refractivity contribution in [1.29, 1.82) is 0 Å². The number of hydrogen-bond donors (Lipinski definition) is 1. The van der Waals surface area contributed by atoms with Crippen LogP contribution in [-0.2, 0) is 16.6 Å². The Balaban J connectivity index is 1.39. The van der Waals surface area contributed by atoms with E-state index < -0.39 is 10.0 Å². The van der Waals surface area contributed by atoms with Crippen LogP contribution in [0.1, 0.15) is 35.9 Å². The Morgan fingerprint density at radius 2 is 1.90 bits per heavy atom. The minimum Gasteiger partial charge on any atom is -0.350 e. The quantitative estimate of drug-likeness (QED) is 0.638. The molecule has 1 atom stereocenters. The number of aryl methyl sites for hydroxylation is 1. The number of carbonyl (C=O) groups is 1. The van der Waals surface area contributed by atoms with E-state index in [0.29, 0.717) is 37.7 Å². The number of fused-ring (bicyclic) bond motifs is 1. The Bertz CT molecular complexity index is 1190. The lowest BCUT2D eigenvalue weighted by atomic mass is 10.0. The zero-order valence-corrected chi connectivity index (χ0v) is 18.7. The fraction of sp³-hybridized carbons (Fsp3) is 0.391. The second kappa shape index (κ2) is 8.80. The number of benzene rings is 2. The fourth-order valence-corrected chi connectivity index (χ4v) is 5.75. The molecule has 2 heterocycles. The Kier molecular flexibility index (Phi) is 6.11. The van der Waals surface area contributed by atoms with Gasteiger partial charge < -0.3 is 9.88 Å². The van der Waals surface area contributed by atoms with Gasteiger partial charge in [-0.2, -0.15) is 4.31 Å². The zero-order chi connectivity index (χ0) is 22.0. The monoisotopic (exact) mass is 440 g/mol. The van der Waals surface area contributed by atoms with Crippen molar-refractivity contribution in [2.45, 2.75) is 38.1 Å². The largest absolute Gasteiger partial charge is 0.350 e. The Labute approximate surface area is 183 Å². The summed E-state index contributed by atoms with van der Waals surface area (Å²) in [4.78, 5) is 17.3. The molecule has 1 fully saturated rings. The molecule has 7 nitrogen and oxygen atoms in total. The molecule has 0 aliphatic carbocycles. The maximum atomic E-state index is 12.9. The minimum absolute atomic E-state index is 0.224. The molecule has 1 unspecified atom stereocenters. The molecule has 1 N–H and O–H groups in total. The van der Waals surface area contributed by atoms with Crippen molar-refractivity contribution in [1.82, 2.24) is 19.2 Å². The second-order valence-corrected chi connectivity index (χ2v) is 10.1. The van der Waals surface area contributed by atoms with Gasteiger partial charge in [-0.25, -0.2) is 13.4 Å². The normalized spacial score (nSPS) is 17.7. The molecule has 1 amide bonds. The standard InChI is InChI=1S/C23H28N4O3S/c1-17-6-5-14-26(16-17)31(29,30)20-11-9-19(10-12-20)23(28)24-13-15-27-18(2)25-21-7-3-4-8-22(21)27/h3-4,7-12,17H,5-6,13-16H2,1-2H3,(H,24,28). The molecule has 31 heavy (non-hydrogen) atoms. The van der Waals surface area contributed by atoms with Crippen LogP contribution in [0.25, 0.3) is 11.0 Å². The van der Waals surface area contributed by atoms with Gasteiger partial charge in [-0.1, -0.05) is 19.1 Å². The highest BCUT2D eigenvalue weighted by Gasteiger charge is 2.28. The van der Waals surface area contributed by atoms with E-state index in [0.717, 1.165) is 29.7 Å². The number of piperidine rings is 1. The second-order valence-electron chi connectivity index (χ2n) is 8.19. The van der Waals surface area contributed by atoms with Gasteiger partial charge in [0.25, 0.3) is 5.91 Å². The predicted octanol–water partition coefficient (Wildman–Crippen LogP) is 3.20. The van der Waals surface area contributed by atoms with E-state index in [2.05, 4.69) is 21.8 Å². The molecule has 1 aromatic heterocycles. The van der Waals surface area contributed by atoms with Gasteiger partial charge in [-0.05, 0) is 62.1 Å². The third-order valence-corrected chi connectivity index (χ3v) is 7.72. The first kappa shape index (κ1) is 21.5. The maximum Gasteiger partial charge on any atom is 0.251 e. The molecule has 0 spiro atoms. The van der Waals surface area contributed by atoms with Gasteiger partial charge in [0, 0.05) is 31.7 Å². The molecule has 8 heteroatoms. The topological polar surface area (TPSA) is 84.3 Å². The average Bonchev–Trinajstić information content (AvgIpc) is 3.09. The lowest BCUT2D eigenvalue weighted by molar-refractivity contribution is 0.0952. The number of para-hydroxylation sites is 2. The van der Waals surface area contributed by atoms with E-state index in [1.54, 1.807) is 16.4 Å². The summed E-state index contributed by atoms with van der Waals surface area (Å²) >= 11 is 0. The van der Waals surface area contributed by atoms with E-state index in [1.807, 2.05) is 31.2 Å². The van der Waals surface area contributed by atoms with Crippen LogP contribution in [0.5, 0.6) is 0 Å². The zero-order valence-electron chi connectivity index (χ0n) is 17.9. The number of imidazole rings is 1. The van der Waals surface area contributed by atoms with Crippen LogP contribution >= 0.6 is 0 Å². The molecule has 1 aliphatic heterocycles. The summed E-state index contributed by atoms with van der Waals surface area (Å²) in [6.07, 6.45) is 1.94. The molecule has 0 radical (unpaired) electrons. The summed E-state index contributed by atoms with van der Waals surface area (Å²) in [5.74, 6) is 1.04. The smallest absolute Gasteiger partial charge is 0.251 e. The Morgan fingerprint density at radius 1 is 1.16 bits per heavy atom. The number of carbonyl (C=O) groups excluding carboxylic acids is 1. The minimum atomic E-state index is -3.52. The highest BCUT2D eigenvalue weighted by molar-refractivity contribution is 7.89. The van der Waals surface area contributed by atoms with Crippen LogP contribution < -0.4 is 5.32 Å². The third kappa shape index (κ3) is 4.50.